The van der Waals surface area contributed by atoms with Gasteiger partial charge in [-0.1, -0.05) is 13.8 Å². The monoisotopic (exact) mass is 248 g/mol. The van der Waals surface area contributed by atoms with Crippen molar-refractivity contribution in [2.24, 2.45) is 11.7 Å². The number of hydrogen-bond donors (Lipinski definition) is 1. The van der Waals surface area contributed by atoms with Crippen molar-refractivity contribution in [2.45, 2.75) is 57.4 Å². The van der Waals surface area contributed by atoms with Crippen LogP contribution in [0.2, 0.25) is 0 Å². The SMILES string of the molecule is CCC(CC)(CN)N(C)CC1CCC(F)(F)C1. The maximum atomic E-state index is 13.1. The predicted molar refractivity (Wildman–Crippen MR) is 67.3 cm³/mol. The number of likely N-dealkylation sites (N-methyl/N-ethyl adjacent to an activating group) is 1. The molecule has 4 heteroatoms. The average Bonchev–Trinajstić information content (AvgIpc) is 2.61. The second-order valence-corrected chi connectivity index (χ2v) is 5.48. The molecule has 0 saturated heterocycles. The van der Waals surface area contributed by atoms with Crippen LogP contribution in [0.25, 0.3) is 0 Å². The number of hydrogen-bond acceptors (Lipinski definition) is 2. The van der Waals surface area contributed by atoms with Gasteiger partial charge in [-0.3, -0.25) is 4.90 Å². The molecular formula is C13H26F2N2. The maximum Gasteiger partial charge on any atom is 0.248 e. The first-order valence-corrected chi connectivity index (χ1v) is 6.68. The molecule has 2 N–H and O–H groups in total. The van der Waals surface area contributed by atoms with Crippen molar-refractivity contribution in [3.63, 3.8) is 0 Å². The van der Waals surface area contributed by atoms with E-state index < -0.39 is 5.92 Å². The summed E-state index contributed by atoms with van der Waals surface area (Å²) in [6.45, 7) is 5.58. The Balaban J connectivity index is 2.56. The summed E-state index contributed by atoms with van der Waals surface area (Å²) in [6.07, 6.45) is 2.69. The van der Waals surface area contributed by atoms with Crippen molar-refractivity contribution >= 4 is 0 Å². The number of halogens is 2. The van der Waals surface area contributed by atoms with Crippen LogP contribution >= 0.6 is 0 Å². The molecule has 1 fully saturated rings. The van der Waals surface area contributed by atoms with E-state index in [0.717, 1.165) is 19.4 Å². The smallest absolute Gasteiger partial charge is 0.248 e. The van der Waals surface area contributed by atoms with E-state index in [1.165, 1.54) is 0 Å². The van der Waals surface area contributed by atoms with Crippen LogP contribution in [0.4, 0.5) is 8.78 Å². The van der Waals surface area contributed by atoms with Crippen molar-refractivity contribution < 1.29 is 8.78 Å². The molecule has 0 spiro atoms. The fourth-order valence-electron chi connectivity index (χ4n) is 3.01. The molecule has 1 aliphatic rings. The van der Waals surface area contributed by atoms with Crippen molar-refractivity contribution in [1.82, 2.24) is 4.90 Å². The third-order valence-corrected chi connectivity index (χ3v) is 4.54. The van der Waals surface area contributed by atoms with E-state index in [0.29, 0.717) is 13.0 Å². The molecule has 0 heterocycles. The highest BCUT2D eigenvalue weighted by atomic mass is 19.3. The normalized spacial score (nSPS) is 24.5. The fraction of sp³-hybridized carbons (Fsp3) is 1.00. The highest BCUT2D eigenvalue weighted by Gasteiger charge is 2.41. The summed E-state index contributed by atoms with van der Waals surface area (Å²) in [5, 5.41) is 0. The quantitative estimate of drug-likeness (QED) is 0.783. The largest absolute Gasteiger partial charge is 0.329 e. The first-order chi connectivity index (χ1) is 7.89. The zero-order valence-electron chi connectivity index (χ0n) is 11.3. The molecule has 102 valence electrons. The van der Waals surface area contributed by atoms with Gasteiger partial charge in [0.1, 0.15) is 0 Å². The van der Waals surface area contributed by atoms with Crippen LogP contribution in [0.3, 0.4) is 0 Å². The van der Waals surface area contributed by atoms with E-state index >= 15 is 0 Å². The van der Waals surface area contributed by atoms with Crippen LogP contribution in [0.1, 0.15) is 46.0 Å². The first kappa shape index (κ1) is 14.8. The Morgan fingerprint density at radius 3 is 2.29 bits per heavy atom. The number of nitrogens with zero attached hydrogens (tertiary/aromatic N) is 1. The highest BCUT2D eigenvalue weighted by Crippen LogP contribution is 2.39. The van der Waals surface area contributed by atoms with Crippen molar-refractivity contribution in [3.05, 3.63) is 0 Å². The molecule has 0 aromatic rings. The molecule has 0 radical (unpaired) electrons. The number of nitrogens with two attached hydrogens (primary N) is 1. The van der Waals surface area contributed by atoms with Gasteiger partial charge < -0.3 is 5.73 Å². The zero-order chi connectivity index (χ0) is 13.1. The number of alkyl halides is 2. The molecule has 0 bridgehead atoms. The third kappa shape index (κ3) is 3.38. The minimum absolute atomic E-state index is 0.0160. The lowest BCUT2D eigenvalue weighted by atomic mass is 9.90. The summed E-state index contributed by atoms with van der Waals surface area (Å²) in [6, 6.07) is 0. The van der Waals surface area contributed by atoms with Crippen LogP contribution < -0.4 is 5.73 Å². The van der Waals surface area contributed by atoms with Crippen LogP contribution in [-0.2, 0) is 0 Å². The minimum Gasteiger partial charge on any atom is -0.329 e. The van der Waals surface area contributed by atoms with E-state index in [1.807, 2.05) is 7.05 Å². The molecule has 1 atom stereocenters. The van der Waals surface area contributed by atoms with Gasteiger partial charge in [0, 0.05) is 31.5 Å². The minimum atomic E-state index is -2.44. The van der Waals surface area contributed by atoms with E-state index in [4.69, 9.17) is 5.73 Å². The molecule has 1 unspecified atom stereocenters. The maximum absolute atomic E-state index is 13.1. The first-order valence-electron chi connectivity index (χ1n) is 6.68. The Kier molecular flexibility index (Phi) is 4.90. The van der Waals surface area contributed by atoms with Crippen LogP contribution in [0, 0.1) is 5.92 Å². The average molecular weight is 248 g/mol. The summed E-state index contributed by atoms with van der Waals surface area (Å²) < 4.78 is 26.3. The molecule has 1 aliphatic carbocycles. The summed E-state index contributed by atoms with van der Waals surface area (Å²) in [7, 11) is 2.02. The van der Waals surface area contributed by atoms with Gasteiger partial charge in [0.2, 0.25) is 5.92 Å². The lowest BCUT2D eigenvalue weighted by Gasteiger charge is -2.41. The van der Waals surface area contributed by atoms with E-state index in [-0.39, 0.29) is 24.3 Å². The van der Waals surface area contributed by atoms with Crippen LogP contribution in [0.5, 0.6) is 0 Å². The second-order valence-electron chi connectivity index (χ2n) is 5.48. The van der Waals surface area contributed by atoms with Gasteiger partial charge in [0.15, 0.2) is 0 Å². The molecule has 0 aromatic carbocycles. The van der Waals surface area contributed by atoms with Crippen molar-refractivity contribution in [1.29, 1.82) is 0 Å². The van der Waals surface area contributed by atoms with Crippen LogP contribution in [0.15, 0.2) is 0 Å². The Morgan fingerprint density at radius 2 is 1.94 bits per heavy atom. The van der Waals surface area contributed by atoms with Gasteiger partial charge in [-0.05, 0) is 32.2 Å². The fourth-order valence-corrected chi connectivity index (χ4v) is 3.01. The second kappa shape index (κ2) is 5.61. The third-order valence-electron chi connectivity index (χ3n) is 4.54. The van der Waals surface area contributed by atoms with Crippen LogP contribution in [-0.4, -0.2) is 36.5 Å². The summed E-state index contributed by atoms with van der Waals surface area (Å²) >= 11 is 0. The van der Waals surface area contributed by atoms with Crippen molar-refractivity contribution in [2.75, 3.05) is 20.1 Å². The Hall–Kier alpha value is -0.220. The molecule has 1 rings (SSSR count). The number of rotatable bonds is 6. The molecular weight excluding hydrogens is 222 g/mol. The predicted octanol–water partition coefficient (Wildman–Crippen LogP) is 2.87. The molecule has 1 saturated carbocycles. The molecule has 0 aliphatic heterocycles. The van der Waals surface area contributed by atoms with Gasteiger partial charge in [-0.25, -0.2) is 8.78 Å². The standard InChI is InChI=1S/C13H26F2N2/c1-4-12(5-2,10-16)17(3)9-11-6-7-13(14,15)8-11/h11H,4-10,16H2,1-3H3. The zero-order valence-corrected chi connectivity index (χ0v) is 11.3. The van der Waals surface area contributed by atoms with Gasteiger partial charge in [-0.2, -0.15) is 0 Å². The van der Waals surface area contributed by atoms with Crippen molar-refractivity contribution in [3.8, 4) is 0 Å². The molecule has 0 amide bonds. The molecule has 2 nitrogen and oxygen atoms in total. The van der Waals surface area contributed by atoms with Gasteiger partial charge in [0.25, 0.3) is 0 Å². The molecule has 0 aromatic heterocycles. The van der Waals surface area contributed by atoms with E-state index in [1.54, 1.807) is 0 Å². The van der Waals surface area contributed by atoms with Gasteiger partial charge in [0.05, 0.1) is 0 Å². The summed E-state index contributed by atoms with van der Waals surface area (Å²) in [4.78, 5) is 2.21. The topological polar surface area (TPSA) is 29.3 Å². The summed E-state index contributed by atoms with van der Waals surface area (Å²) in [5.41, 5.74) is 5.85. The van der Waals surface area contributed by atoms with E-state index in [9.17, 15) is 8.78 Å². The summed E-state index contributed by atoms with van der Waals surface area (Å²) in [5.74, 6) is -2.31. The Labute approximate surface area is 104 Å². The lowest BCUT2D eigenvalue weighted by molar-refractivity contribution is 0.00111. The van der Waals surface area contributed by atoms with Gasteiger partial charge >= 0.3 is 0 Å². The van der Waals surface area contributed by atoms with Gasteiger partial charge in [-0.15, -0.1) is 0 Å². The Bertz CT molecular complexity index is 231. The molecule has 17 heavy (non-hydrogen) atoms. The Morgan fingerprint density at radius 1 is 1.35 bits per heavy atom. The van der Waals surface area contributed by atoms with E-state index in [2.05, 4.69) is 18.7 Å². The lowest BCUT2D eigenvalue weighted by Crippen LogP contribution is -2.52. The highest BCUT2D eigenvalue weighted by molar-refractivity contribution is 4.91.